The number of carbonyl (C=O) groups excluding carboxylic acids is 1. The zero-order chi connectivity index (χ0) is 17.4. The number of nitrogens with zero attached hydrogens (tertiary/aromatic N) is 1. The Hall–Kier alpha value is -2.03. The highest BCUT2D eigenvalue weighted by molar-refractivity contribution is 5.97. The Balaban J connectivity index is 2.52. The first-order valence-corrected chi connectivity index (χ1v) is 8.00. The summed E-state index contributed by atoms with van der Waals surface area (Å²) >= 11 is 0. The fourth-order valence-corrected chi connectivity index (χ4v) is 3.38. The molecule has 0 N–H and O–H groups in total. The Morgan fingerprint density at radius 2 is 1.65 bits per heavy atom. The first-order valence-electron chi connectivity index (χ1n) is 8.00. The molecule has 23 heavy (non-hydrogen) atoms. The topological polar surface area (TPSA) is 31.2 Å². The lowest BCUT2D eigenvalue weighted by Gasteiger charge is -2.21. The zero-order valence-electron chi connectivity index (χ0n) is 15.3. The molecule has 0 unspecified atom stereocenters. The molecule has 3 nitrogen and oxygen atoms in total. The molecule has 0 amide bonds. The Morgan fingerprint density at radius 3 is 2.04 bits per heavy atom. The molecule has 3 heteroatoms. The molecule has 1 aromatic heterocycles. The van der Waals surface area contributed by atoms with E-state index in [0.717, 1.165) is 29.1 Å². The van der Waals surface area contributed by atoms with Gasteiger partial charge in [0.05, 0.1) is 7.11 Å². The van der Waals surface area contributed by atoms with Crippen LogP contribution in [-0.4, -0.2) is 17.5 Å². The minimum absolute atomic E-state index is 0.0546. The van der Waals surface area contributed by atoms with Gasteiger partial charge < -0.3 is 9.30 Å². The quantitative estimate of drug-likeness (QED) is 0.769. The summed E-state index contributed by atoms with van der Waals surface area (Å²) in [6.45, 7) is 13.1. The summed E-state index contributed by atoms with van der Waals surface area (Å²) in [4.78, 5) is 12.2. The van der Waals surface area contributed by atoms with Gasteiger partial charge in [0.15, 0.2) is 5.78 Å². The molecule has 0 radical (unpaired) electrons. The van der Waals surface area contributed by atoms with Gasteiger partial charge in [-0.1, -0.05) is 32.9 Å². The molecule has 0 fully saturated rings. The average molecular weight is 313 g/mol. The molecule has 0 saturated carbocycles. The van der Waals surface area contributed by atoms with E-state index in [0.29, 0.717) is 0 Å². The van der Waals surface area contributed by atoms with Crippen LogP contribution in [0.25, 0.3) is 0 Å². The highest BCUT2D eigenvalue weighted by Crippen LogP contribution is 2.34. The third-order valence-electron chi connectivity index (χ3n) is 4.39. The van der Waals surface area contributed by atoms with Gasteiger partial charge in [-0.2, -0.15) is 0 Å². The molecular weight excluding hydrogens is 286 g/mol. The number of hydrogen-bond donors (Lipinski definition) is 0. The summed E-state index contributed by atoms with van der Waals surface area (Å²) in [6, 6.07) is 8.09. The van der Waals surface area contributed by atoms with Crippen molar-refractivity contribution in [2.24, 2.45) is 0 Å². The van der Waals surface area contributed by atoms with Gasteiger partial charge in [0.2, 0.25) is 0 Å². The van der Waals surface area contributed by atoms with Crippen LogP contribution in [0, 0.1) is 13.8 Å². The maximum atomic E-state index is 12.2. The highest BCUT2D eigenvalue weighted by Gasteiger charge is 2.28. The van der Waals surface area contributed by atoms with Crippen molar-refractivity contribution in [3.8, 4) is 5.75 Å². The summed E-state index contributed by atoms with van der Waals surface area (Å²) in [7, 11) is 1.67. The molecule has 0 atom stereocenters. The van der Waals surface area contributed by atoms with E-state index in [9.17, 15) is 4.79 Å². The number of methoxy groups -OCH3 is 1. The molecule has 0 saturated heterocycles. The van der Waals surface area contributed by atoms with Crippen molar-refractivity contribution >= 4 is 5.78 Å². The smallest absolute Gasteiger partial charge is 0.161 e. The van der Waals surface area contributed by atoms with Crippen LogP contribution >= 0.6 is 0 Å². The maximum Gasteiger partial charge on any atom is 0.161 e. The van der Waals surface area contributed by atoms with E-state index in [4.69, 9.17) is 4.74 Å². The van der Waals surface area contributed by atoms with Crippen molar-refractivity contribution in [3.05, 3.63) is 52.3 Å². The number of aromatic nitrogens is 1. The van der Waals surface area contributed by atoms with Gasteiger partial charge in [0, 0.05) is 23.5 Å². The number of ether oxygens (including phenoxy) is 1. The predicted molar refractivity (Wildman–Crippen MR) is 94.7 cm³/mol. The molecular formula is C20H27NO2. The zero-order valence-corrected chi connectivity index (χ0v) is 15.3. The molecule has 0 aliphatic carbocycles. The van der Waals surface area contributed by atoms with Crippen molar-refractivity contribution in [2.75, 3.05) is 7.11 Å². The van der Waals surface area contributed by atoms with Crippen molar-refractivity contribution in [1.82, 2.24) is 4.57 Å². The van der Waals surface area contributed by atoms with Crippen LogP contribution in [0.2, 0.25) is 0 Å². The van der Waals surface area contributed by atoms with Crippen LogP contribution in [0.15, 0.2) is 24.3 Å². The lowest BCUT2D eigenvalue weighted by molar-refractivity contribution is 0.101. The van der Waals surface area contributed by atoms with E-state index in [-0.39, 0.29) is 11.2 Å². The van der Waals surface area contributed by atoms with Gasteiger partial charge in [-0.25, -0.2) is 0 Å². The second-order valence-electron chi connectivity index (χ2n) is 7.16. The van der Waals surface area contributed by atoms with E-state index >= 15 is 0 Å². The van der Waals surface area contributed by atoms with Gasteiger partial charge >= 0.3 is 0 Å². The normalized spacial score (nSPS) is 11.6. The summed E-state index contributed by atoms with van der Waals surface area (Å²) in [5.41, 5.74) is 5.41. The fraction of sp³-hybridized carbons (Fsp3) is 0.450. The summed E-state index contributed by atoms with van der Waals surface area (Å²) < 4.78 is 7.46. The lowest BCUT2D eigenvalue weighted by atomic mass is 9.83. The number of hydrogen-bond acceptors (Lipinski definition) is 2. The van der Waals surface area contributed by atoms with Crippen LogP contribution in [0.5, 0.6) is 5.75 Å². The second kappa shape index (κ2) is 6.23. The van der Waals surface area contributed by atoms with Gasteiger partial charge in [-0.3, -0.25) is 4.79 Å². The predicted octanol–water partition coefficient (Wildman–Crippen LogP) is 4.66. The molecule has 1 aromatic carbocycles. The Morgan fingerprint density at radius 1 is 1.09 bits per heavy atom. The van der Waals surface area contributed by atoms with Gasteiger partial charge in [-0.15, -0.1) is 0 Å². The van der Waals surface area contributed by atoms with Crippen molar-refractivity contribution in [1.29, 1.82) is 0 Å². The van der Waals surface area contributed by atoms with Crippen LogP contribution < -0.4 is 4.74 Å². The monoisotopic (exact) mass is 313 g/mol. The largest absolute Gasteiger partial charge is 0.497 e. The minimum atomic E-state index is -0.0546. The van der Waals surface area contributed by atoms with Crippen LogP contribution in [-0.2, 0) is 12.0 Å². The number of benzene rings is 1. The second-order valence-corrected chi connectivity index (χ2v) is 7.16. The van der Waals surface area contributed by atoms with Crippen molar-refractivity contribution < 1.29 is 9.53 Å². The molecule has 2 aromatic rings. The third-order valence-corrected chi connectivity index (χ3v) is 4.39. The number of ketones is 1. The van der Waals surface area contributed by atoms with E-state index < -0.39 is 0 Å². The van der Waals surface area contributed by atoms with Gasteiger partial charge in [-0.05, 0) is 49.4 Å². The first-order chi connectivity index (χ1) is 10.7. The number of rotatable bonds is 4. The van der Waals surface area contributed by atoms with Gasteiger partial charge in [0.25, 0.3) is 0 Å². The number of Topliss-reactive ketones (excluding diaryl/α,β-unsaturated/α-hetero) is 1. The van der Waals surface area contributed by atoms with Crippen LogP contribution in [0.3, 0.4) is 0 Å². The van der Waals surface area contributed by atoms with E-state index in [2.05, 4.69) is 44.4 Å². The Labute approximate surface area is 139 Å². The van der Waals surface area contributed by atoms with E-state index in [1.54, 1.807) is 14.0 Å². The highest BCUT2D eigenvalue weighted by atomic mass is 16.5. The molecule has 2 rings (SSSR count). The standard InChI is InChI=1S/C20H27NO2/c1-13-18(15(3)22)19(20(4,5)6)14(2)21(13)12-16-8-10-17(23-7)11-9-16/h8-11H,12H2,1-7H3. The van der Waals surface area contributed by atoms with Crippen molar-refractivity contribution in [3.63, 3.8) is 0 Å². The molecule has 0 aliphatic heterocycles. The van der Waals surface area contributed by atoms with Gasteiger partial charge in [0.1, 0.15) is 5.75 Å². The molecule has 124 valence electrons. The summed E-state index contributed by atoms with van der Waals surface area (Å²) in [6.07, 6.45) is 0. The lowest BCUT2D eigenvalue weighted by Crippen LogP contribution is -2.16. The fourth-order valence-electron chi connectivity index (χ4n) is 3.38. The molecule has 0 aliphatic rings. The van der Waals surface area contributed by atoms with E-state index in [1.165, 1.54) is 11.3 Å². The molecule has 0 spiro atoms. The molecule has 1 heterocycles. The summed E-state index contributed by atoms with van der Waals surface area (Å²) in [5, 5.41) is 0. The third kappa shape index (κ3) is 3.34. The minimum Gasteiger partial charge on any atom is -0.497 e. The maximum absolute atomic E-state index is 12.2. The first kappa shape index (κ1) is 17.3. The van der Waals surface area contributed by atoms with Crippen LogP contribution in [0.1, 0.15) is 60.6 Å². The molecule has 0 bridgehead atoms. The Kier molecular flexibility index (Phi) is 4.69. The SMILES string of the molecule is COc1ccc(Cn2c(C)c(C(C)=O)c(C(C)(C)C)c2C)cc1. The summed E-state index contributed by atoms with van der Waals surface area (Å²) in [5.74, 6) is 0.999. The van der Waals surface area contributed by atoms with Crippen molar-refractivity contribution in [2.45, 2.75) is 53.5 Å². The van der Waals surface area contributed by atoms with E-state index in [1.807, 2.05) is 19.1 Å². The average Bonchev–Trinajstić information content (AvgIpc) is 2.72. The number of carbonyl (C=O) groups is 1. The van der Waals surface area contributed by atoms with Crippen LogP contribution in [0.4, 0.5) is 0 Å². The Bertz CT molecular complexity index is 716.